The van der Waals surface area contributed by atoms with Gasteiger partial charge in [-0.15, -0.1) is 0 Å². The highest BCUT2D eigenvalue weighted by atomic mass is 79.9. The van der Waals surface area contributed by atoms with E-state index in [0.717, 1.165) is 23.1 Å². The van der Waals surface area contributed by atoms with Crippen LogP contribution >= 0.6 is 15.9 Å². The Labute approximate surface area is 121 Å². The molecule has 19 heavy (non-hydrogen) atoms. The summed E-state index contributed by atoms with van der Waals surface area (Å²) in [5, 5.41) is 3.37. The third-order valence-corrected chi connectivity index (χ3v) is 4.77. The number of primary amides is 1. The predicted octanol–water partition coefficient (Wildman–Crippen LogP) is 1.95. The Balaban J connectivity index is 1.82. The van der Waals surface area contributed by atoms with Gasteiger partial charge in [0.25, 0.3) is 0 Å². The van der Waals surface area contributed by atoms with Crippen LogP contribution in [-0.4, -0.2) is 35.5 Å². The van der Waals surface area contributed by atoms with E-state index in [2.05, 4.69) is 26.1 Å². The smallest absolute Gasteiger partial charge is 0.244 e. The Kier molecular flexibility index (Phi) is 3.27. The van der Waals surface area contributed by atoms with Crippen molar-refractivity contribution < 1.29 is 4.79 Å². The highest BCUT2D eigenvalue weighted by molar-refractivity contribution is 9.10. The van der Waals surface area contributed by atoms with Crippen LogP contribution in [0.4, 0.5) is 5.69 Å². The molecule has 0 spiro atoms. The number of likely N-dealkylation sites (tertiary alicyclic amines) is 1. The average Bonchev–Trinajstić information content (AvgIpc) is 3.14. The largest absolute Gasteiger partial charge is 0.369 e. The third kappa shape index (κ3) is 2.49. The molecule has 0 aromatic heterocycles. The van der Waals surface area contributed by atoms with E-state index in [1.54, 1.807) is 0 Å². The normalized spacial score (nSPS) is 27.4. The maximum absolute atomic E-state index is 11.9. The summed E-state index contributed by atoms with van der Waals surface area (Å²) in [4.78, 5) is 14.3. The van der Waals surface area contributed by atoms with E-state index < -0.39 is 5.54 Å². The second-order valence-electron chi connectivity index (χ2n) is 5.50. The van der Waals surface area contributed by atoms with Gasteiger partial charge in [-0.3, -0.25) is 9.69 Å². The van der Waals surface area contributed by atoms with Crippen LogP contribution in [0.3, 0.4) is 0 Å². The molecule has 4 nitrogen and oxygen atoms in total. The Morgan fingerprint density at radius 1 is 1.42 bits per heavy atom. The molecule has 1 aliphatic heterocycles. The summed E-state index contributed by atoms with van der Waals surface area (Å²) in [6, 6.07) is 8.51. The number of rotatable bonds is 4. The monoisotopic (exact) mass is 323 g/mol. The summed E-state index contributed by atoms with van der Waals surface area (Å²) in [5.74, 6) is -0.258. The Morgan fingerprint density at radius 3 is 2.79 bits per heavy atom. The molecule has 1 heterocycles. The Bertz CT molecular complexity index is 503. The van der Waals surface area contributed by atoms with Crippen molar-refractivity contribution >= 4 is 27.5 Å². The van der Waals surface area contributed by atoms with E-state index >= 15 is 0 Å². The summed E-state index contributed by atoms with van der Waals surface area (Å²) in [6.45, 7) is 1.67. The van der Waals surface area contributed by atoms with Gasteiger partial charge in [0, 0.05) is 29.3 Å². The van der Waals surface area contributed by atoms with Crippen molar-refractivity contribution in [2.45, 2.75) is 30.8 Å². The summed E-state index contributed by atoms with van der Waals surface area (Å²) in [5.41, 5.74) is 5.97. The number of anilines is 1. The number of nitrogens with zero attached hydrogens (tertiary/aromatic N) is 1. The molecule has 0 bridgehead atoms. The van der Waals surface area contributed by atoms with Crippen LogP contribution in [0.25, 0.3) is 0 Å². The summed E-state index contributed by atoms with van der Waals surface area (Å²) in [6.07, 6.45) is 3.29. The maximum atomic E-state index is 11.9. The van der Waals surface area contributed by atoms with Crippen LogP contribution in [0, 0.1) is 0 Å². The third-order valence-electron chi connectivity index (χ3n) is 4.08. The molecule has 3 rings (SSSR count). The fourth-order valence-electron chi connectivity index (χ4n) is 2.78. The topological polar surface area (TPSA) is 58.4 Å². The lowest BCUT2D eigenvalue weighted by atomic mass is 9.97. The molecule has 1 amide bonds. The summed E-state index contributed by atoms with van der Waals surface area (Å²) < 4.78 is 0.959. The van der Waals surface area contributed by atoms with E-state index in [0.29, 0.717) is 12.6 Å². The second kappa shape index (κ2) is 4.80. The molecule has 0 radical (unpaired) electrons. The first-order valence-corrected chi connectivity index (χ1v) is 7.47. The molecule has 1 atom stereocenters. The Morgan fingerprint density at radius 2 is 2.16 bits per heavy atom. The minimum Gasteiger partial charge on any atom is -0.369 e. The molecular formula is C14H18BrN3O. The van der Waals surface area contributed by atoms with E-state index in [1.165, 1.54) is 12.8 Å². The summed E-state index contributed by atoms with van der Waals surface area (Å²) in [7, 11) is 0. The lowest BCUT2D eigenvalue weighted by Crippen LogP contribution is -2.52. The van der Waals surface area contributed by atoms with Crippen molar-refractivity contribution in [3.05, 3.63) is 28.7 Å². The number of nitrogens with two attached hydrogens (primary N) is 1. The minimum atomic E-state index is -0.632. The summed E-state index contributed by atoms with van der Waals surface area (Å²) >= 11 is 3.51. The standard InChI is InChI=1S/C14H18BrN3O/c15-11-3-1-2-4-12(11)17-14(13(16)19)7-8-18(9-14)10-5-6-10/h1-4,10,17H,5-9H2,(H2,16,19). The molecule has 2 aliphatic rings. The van der Waals surface area contributed by atoms with E-state index in [1.807, 2.05) is 24.3 Å². The van der Waals surface area contributed by atoms with Crippen LogP contribution in [0.5, 0.6) is 0 Å². The van der Waals surface area contributed by atoms with Crippen LogP contribution in [0.2, 0.25) is 0 Å². The van der Waals surface area contributed by atoms with Gasteiger partial charge < -0.3 is 11.1 Å². The van der Waals surface area contributed by atoms with Gasteiger partial charge in [0.15, 0.2) is 0 Å². The first-order valence-electron chi connectivity index (χ1n) is 6.67. The minimum absolute atomic E-state index is 0.258. The van der Waals surface area contributed by atoms with Crippen LogP contribution in [0.1, 0.15) is 19.3 Å². The number of carbonyl (C=O) groups excluding carboxylic acids is 1. The maximum Gasteiger partial charge on any atom is 0.244 e. The molecule has 2 fully saturated rings. The lowest BCUT2D eigenvalue weighted by molar-refractivity contribution is -0.121. The number of amides is 1. The first-order chi connectivity index (χ1) is 9.11. The van der Waals surface area contributed by atoms with E-state index in [-0.39, 0.29) is 5.91 Å². The number of para-hydroxylation sites is 1. The van der Waals surface area contributed by atoms with Crippen LogP contribution in [0.15, 0.2) is 28.7 Å². The number of benzene rings is 1. The van der Waals surface area contributed by atoms with E-state index in [4.69, 9.17) is 5.73 Å². The van der Waals surface area contributed by atoms with Gasteiger partial charge in [-0.25, -0.2) is 0 Å². The SMILES string of the molecule is NC(=O)C1(Nc2ccccc2Br)CCN(C2CC2)C1. The molecule has 1 aromatic carbocycles. The Hall–Kier alpha value is -1.07. The molecule has 1 aliphatic carbocycles. The van der Waals surface area contributed by atoms with E-state index in [9.17, 15) is 4.79 Å². The van der Waals surface area contributed by atoms with Crippen molar-refractivity contribution in [3.8, 4) is 0 Å². The van der Waals surface area contributed by atoms with Crippen LogP contribution < -0.4 is 11.1 Å². The van der Waals surface area contributed by atoms with Gasteiger partial charge in [0.05, 0.1) is 0 Å². The molecule has 1 unspecified atom stereocenters. The molecular weight excluding hydrogens is 306 g/mol. The average molecular weight is 324 g/mol. The fraction of sp³-hybridized carbons (Fsp3) is 0.500. The van der Waals surface area contributed by atoms with Crippen LogP contribution in [-0.2, 0) is 4.79 Å². The molecule has 1 saturated carbocycles. The first kappa shape index (κ1) is 12.9. The van der Waals surface area contributed by atoms with Gasteiger partial charge in [-0.1, -0.05) is 12.1 Å². The van der Waals surface area contributed by atoms with Gasteiger partial charge in [-0.2, -0.15) is 0 Å². The predicted molar refractivity (Wildman–Crippen MR) is 78.9 cm³/mol. The van der Waals surface area contributed by atoms with Gasteiger partial charge in [-0.05, 0) is 47.3 Å². The molecule has 1 aromatic rings. The molecule has 5 heteroatoms. The fourth-order valence-corrected chi connectivity index (χ4v) is 3.16. The lowest BCUT2D eigenvalue weighted by Gasteiger charge is -2.29. The zero-order chi connectivity index (χ0) is 13.5. The molecule has 102 valence electrons. The number of hydrogen-bond donors (Lipinski definition) is 2. The molecule has 3 N–H and O–H groups in total. The number of halogens is 1. The molecule has 1 saturated heterocycles. The van der Waals surface area contributed by atoms with Crippen molar-refractivity contribution in [2.75, 3.05) is 18.4 Å². The second-order valence-corrected chi connectivity index (χ2v) is 6.36. The van der Waals surface area contributed by atoms with Gasteiger partial charge >= 0.3 is 0 Å². The zero-order valence-corrected chi connectivity index (χ0v) is 12.3. The zero-order valence-electron chi connectivity index (χ0n) is 10.7. The highest BCUT2D eigenvalue weighted by Gasteiger charge is 2.47. The highest BCUT2D eigenvalue weighted by Crippen LogP contribution is 2.36. The number of carbonyl (C=O) groups is 1. The van der Waals surface area contributed by atoms with Gasteiger partial charge in [0.2, 0.25) is 5.91 Å². The van der Waals surface area contributed by atoms with Crippen molar-refractivity contribution in [2.24, 2.45) is 5.73 Å². The quantitative estimate of drug-likeness (QED) is 0.890. The van der Waals surface area contributed by atoms with Crippen molar-refractivity contribution in [3.63, 3.8) is 0 Å². The van der Waals surface area contributed by atoms with Gasteiger partial charge in [0.1, 0.15) is 5.54 Å². The van der Waals surface area contributed by atoms with Crippen molar-refractivity contribution in [1.29, 1.82) is 0 Å². The van der Waals surface area contributed by atoms with Crippen molar-refractivity contribution in [1.82, 2.24) is 4.90 Å². The number of nitrogens with one attached hydrogen (secondary N) is 1. The number of hydrogen-bond acceptors (Lipinski definition) is 3.